The first-order valence-electron chi connectivity index (χ1n) is 5.75. The van der Waals surface area contributed by atoms with Crippen LogP contribution in [0.1, 0.15) is 21.5 Å². The minimum atomic E-state index is -5.00. The highest BCUT2D eigenvalue weighted by Gasteiger charge is 2.38. The maximum absolute atomic E-state index is 12.6. The molecular formula is C12H9F6NO2. The van der Waals surface area contributed by atoms with Gasteiger partial charge in [0.1, 0.15) is 0 Å². The van der Waals surface area contributed by atoms with E-state index in [2.05, 4.69) is 0 Å². The molecule has 21 heavy (non-hydrogen) atoms. The average Bonchev–Trinajstić information content (AvgIpc) is 2.31. The number of carbonyl (C=O) groups excluding carboxylic acids is 1. The van der Waals surface area contributed by atoms with E-state index in [1.165, 1.54) is 0 Å². The van der Waals surface area contributed by atoms with Gasteiger partial charge >= 0.3 is 12.4 Å². The monoisotopic (exact) mass is 313 g/mol. The molecule has 1 fully saturated rings. The number of hydrogen-bond donors (Lipinski definition) is 1. The third-order valence-electron chi connectivity index (χ3n) is 2.98. The van der Waals surface area contributed by atoms with Gasteiger partial charge in [0.2, 0.25) is 0 Å². The summed E-state index contributed by atoms with van der Waals surface area (Å²) in [5.74, 6) is -0.975. The zero-order valence-corrected chi connectivity index (χ0v) is 10.3. The summed E-state index contributed by atoms with van der Waals surface area (Å²) in [5, 5.41) is 9.03. The Morgan fingerprint density at radius 2 is 1.43 bits per heavy atom. The maximum Gasteiger partial charge on any atom is 0.416 e. The number of hydrogen-bond acceptors (Lipinski definition) is 2. The number of nitrogens with zero attached hydrogens (tertiary/aromatic N) is 1. The standard InChI is InChI=1S/C12H9F6NO2/c13-11(14,15)7-1-6(2-8(3-7)12(16,17)18)10(21)19-4-9(20)5-19/h1-3,9,20H,4-5H2. The third-order valence-corrected chi connectivity index (χ3v) is 2.98. The van der Waals surface area contributed by atoms with Crippen LogP contribution in [0.3, 0.4) is 0 Å². The summed E-state index contributed by atoms with van der Waals surface area (Å²) in [6.07, 6.45) is -10.8. The van der Waals surface area contributed by atoms with Crippen molar-refractivity contribution in [2.24, 2.45) is 0 Å². The Morgan fingerprint density at radius 1 is 1.00 bits per heavy atom. The summed E-state index contributed by atoms with van der Waals surface area (Å²) < 4.78 is 75.8. The van der Waals surface area contributed by atoms with Crippen LogP contribution in [0.5, 0.6) is 0 Å². The summed E-state index contributed by atoms with van der Waals surface area (Å²) in [6.45, 7) is -0.229. The molecule has 0 spiro atoms. The Labute approximate surface area is 114 Å². The van der Waals surface area contributed by atoms with E-state index in [0.29, 0.717) is 12.1 Å². The lowest BCUT2D eigenvalue weighted by Crippen LogP contribution is -2.53. The smallest absolute Gasteiger partial charge is 0.389 e. The van der Waals surface area contributed by atoms with Crippen molar-refractivity contribution in [2.45, 2.75) is 18.5 Å². The van der Waals surface area contributed by atoms with Crippen molar-refractivity contribution in [2.75, 3.05) is 13.1 Å². The van der Waals surface area contributed by atoms with E-state index in [1.807, 2.05) is 0 Å². The third kappa shape index (κ3) is 3.29. The minimum Gasteiger partial charge on any atom is -0.389 e. The molecule has 1 N–H and O–H groups in total. The fraction of sp³-hybridized carbons (Fsp3) is 0.417. The second-order valence-corrected chi connectivity index (χ2v) is 4.66. The largest absolute Gasteiger partial charge is 0.416 e. The van der Waals surface area contributed by atoms with Gasteiger partial charge in [-0.1, -0.05) is 0 Å². The highest BCUT2D eigenvalue weighted by Crippen LogP contribution is 2.36. The van der Waals surface area contributed by atoms with E-state index in [1.54, 1.807) is 0 Å². The number of rotatable bonds is 1. The molecule has 9 heteroatoms. The normalized spacial score (nSPS) is 16.8. The lowest BCUT2D eigenvalue weighted by atomic mass is 10.0. The first kappa shape index (κ1) is 15.6. The minimum absolute atomic E-state index is 0.0399. The average molecular weight is 313 g/mol. The topological polar surface area (TPSA) is 40.5 Å². The number of β-amino-alcohol motifs (C(OH)–C–C–N with tert-alkyl or cyclic N) is 1. The van der Waals surface area contributed by atoms with Crippen LogP contribution in [0.2, 0.25) is 0 Å². The van der Waals surface area contributed by atoms with Gasteiger partial charge in [-0.05, 0) is 18.2 Å². The number of aliphatic hydroxyl groups excluding tert-OH is 1. The first-order chi connectivity index (χ1) is 9.48. The van der Waals surface area contributed by atoms with Gasteiger partial charge < -0.3 is 10.0 Å². The van der Waals surface area contributed by atoms with Gasteiger partial charge in [0.05, 0.1) is 17.2 Å². The number of alkyl halides is 6. The molecule has 0 unspecified atom stereocenters. The van der Waals surface area contributed by atoms with Crippen molar-refractivity contribution in [3.05, 3.63) is 34.9 Å². The van der Waals surface area contributed by atoms with Crippen molar-refractivity contribution in [1.29, 1.82) is 0 Å². The molecule has 116 valence electrons. The van der Waals surface area contributed by atoms with Gasteiger partial charge in [0.15, 0.2) is 0 Å². The van der Waals surface area contributed by atoms with Gasteiger partial charge in [0, 0.05) is 18.7 Å². The number of aliphatic hydroxyl groups is 1. The first-order valence-corrected chi connectivity index (χ1v) is 5.75. The lowest BCUT2D eigenvalue weighted by Gasteiger charge is -2.36. The van der Waals surface area contributed by atoms with Crippen LogP contribution in [-0.2, 0) is 12.4 Å². The fourth-order valence-corrected chi connectivity index (χ4v) is 1.88. The van der Waals surface area contributed by atoms with E-state index in [-0.39, 0.29) is 19.2 Å². The molecule has 1 aliphatic heterocycles. The van der Waals surface area contributed by atoms with Gasteiger partial charge in [-0.3, -0.25) is 4.79 Å². The zero-order chi connectivity index (χ0) is 16.0. The number of amides is 1. The quantitative estimate of drug-likeness (QED) is 0.810. The van der Waals surface area contributed by atoms with Crippen molar-refractivity contribution < 1.29 is 36.2 Å². The number of likely N-dealkylation sites (tertiary alicyclic amines) is 1. The maximum atomic E-state index is 12.6. The van der Waals surface area contributed by atoms with Crippen LogP contribution < -0.4 is 0 Å². The number of carbonyl (C=O) groups is 1. The Morgan fingerprint density at radius 3 is 1.76 bits per heavy atom. The fourth-order valence-electron chi connectivity index (χ4n) is 1.88. The predicted molar refractivity (Wildman–Crippen MR) is 58.4 cm³/mol. The molecule has 1 heterocycles. The second kappa shape index (κ2) is 4.90. The Bertz CT molecular complexity index is 528. The molecule has 0 saturated carbocycles. The van der Waals surface area contributed by atoms with E-state index >= 15 is 0 Å². The summed E-state index contributed by atoms with van der Waals surface area (Å²) in [4.78, 5) is 12.8. The summed E-state index contributed by atoms with van der Waals surface area (Å²) in [7, 11) is 0. The number of halogens is 6. The molecule has 0 aromatic heterocycles. The summed E-state index contributed by atoms with van der Waals surface area (Å²) >= 11 is 0. The van der Waals surface area contributed by atoms with Crippen LogP contribution >= 0.6 is 0 Å². The molecule has 0 aliphatic carbocycles. The second-order valence-electron chi connectivity index (χ2n) is 4.66. The van der Waals surface area contributed by atoms with E-state index in [4.69, 9.17) is 5.11 Å². The van der Waals surface area contributed by atoms with Crippen LogP contribution in [0.15, 0.2) is 18.2 Å². The van der Waals surface area contributed by atoms with Gasteiger partial charge in [-0.2, -0.15) is 26.3 Å². The van der Waals surface area contributed by atoms with E-state index in [0.717, 1.165) is 4.90 Å². The van der Waals surface area contributed by atoms with Crippen LogP contribution in [-0.4, -0.2) is 35.1 Å². The van der Waals surface area contributed by atoms with Gasteiger partial charge in [-0.15, -0.1) is 0 Å². The molecule has 0 radical (unpaired) electrons. The van der Waals surface area contributed by atoms with Crippen molar-refractivity contribution in [1.82, 2.24) is 4.90 Å². The SMILES string of the molecule is O=C(c1cc(C(F)(F)F)cc(C(F)(F)F)c1)N1CC(O)C1. The molecule has 0 bridgehead atoms. The summed E-state index contributed by atoms with van der Waals surface area (Å²) in [6, 6.07) is 0.715. The molecule has 3 nitrogen and oxygen atoms in total. The van der Waals surface area contributed by atoms with Gasteiger partial charge in [-0.25, -0.2) is 0 Å². The highest BCUT2D eigenvalue weighted by molar-refractivity contribution is 5.95. The molecule has 1 aliphatic rings. The molecule has 0 atom stereocenters. The Balaban J connectivity index is 2.43. The molecule has 1 aromatic rings. The Hall–Kier alpha value is -1.77. The lowest BCUT2D eigenvalue weighted by molar-refractivity contribution is -0.143. The molecule has 1 saturated heterocycles. The van der Waals surface area contributed by atoms with Crippen molar-refractivity contribution in [3.63, 3.8) is 0 Å². The molecule has 1 amide bonds. The zero-order valence-electron chi connectivity index (χ0n) is 10.3. The highest BCUT2D eigenvalue weighted by atomic mass is 19.4. The van der Waals surface area contributed by atoms with Crippen LogP contribution in [0.25, 0.3) is 0 Å². The molecule has 1 aromatic carbocycles. The van der Waals surface area contributed by atoms with Crippen molar-refractivity contribution >= 4 is 5.91 Å². The molecular weight excluding hydrogens is 304 g/mol. The summed E-state index contributed by atoms with van der Waals surface area (Å²) in [5.41, 5.74) is -3.78. The Kier molecular flexibility index (Phi) is 3.64. The van der Waals surface area contributed by atoms with E-state index in [9.17, 15) is 31.1 Å². The van der Waals surface area contributed by atoms with Gasteiger partial charge in [0.25, 0.3) is 5.91 Å². The number of benzene rings is 1. The predicted octanol–water partition coefficient (Wildman–Crippen LogP) is 2.54. The van der Waals surface area contributed by atoms with Crippen LogP contribution in [0, 0.1) is 0 Å². The molecule has 2 rings (SSSR count). The van der Waals surface area contributed by atoms with Crippen LogP contribution in [0.4, 0.5) is 26.3 Å². The van der Waals surface area contributed by atoms with Crippen molar-refractivity contribution in [3.8, 4) is 0 Å². The van der Waals surface area contributed by atoms with E-state index < -0.39 is 41.1 Å².